The summed E-state index contributed by atoms with van der Waals surface area (Å²) in [5, 5.41) is 1.99. The lowest BCUT2D eigenvalue weighted by atomic mass is 10.4. The fourth-order valence-electron chi connectivity index (χ4n) is 0.854. The number of carbonyl (C=O) groups excluding carboxylic acids is 1. The van der Waals surface area contributed by atoms with E-state index in [-0.39, 0.29) is 10.8 Å². The molecule has 5 heteroatoms. The van der Waals surface area contributed by atoms with Crippen LogP contribution in [0.25, 0.3) is 0 Å². The standard InChI is InChI=1S/C9H11BrO3S/c1-12-9(11)8(10)6-13-5-7-3-2-4-14-7/h2-4,8H,5-6H2,1H3. The summed E-state index contributed by atoms with van der Waals surface area (Å²) in [6, 6.07) is 3.96. The number of hydrogen-bond donors (Lipinski definition) is 0. The van der Waals surface area contributed by atoms with Gasteiger partial charge in [-0.2, -0.15) is 0 Å². The molecule has 0 radical (unpaired) electrons. The van der Waals surface area contributed by atoms with Crippen molar-refractivity contribution < 1.29 is 14.3 Å². The Morgan fingerprint density at radius 2 is 2.50 bits per heavy atom. The Labute approximate surface area is 95.2 Å². The van der Waals surface area contributed by atoms with Crippen molar-refractivity contribution in [2.75, 3.05) is 13.7 Å². The van der Waals surface area contributed by atoms with Crippen molar-refractivity contribution in [3.8, 4) is 0 Å². The molecule has 0 aliphatic carbocycles. The average Bonchev–Trinajstić information content (AvgIpc) is 2.69. The minimum Gasteiger partial charge on any atom is -0.468 e. The van der Waals surface area contributed by atoms with E-state index in [1.165, 1.54) is 7.11 Å². The molecule has 0 amide bonds. The minimum atomic E-state index is -0.382. The summed E-state index contributed by atoms with van der Waals surface area (Å²) < 4.78 is 9.86. The third-order valence-corrected chi connectivity index (χ3v) is 3.03. The van der Waals surface area contributed by atoms with Gasteiger partial charge in [-0.05, 0) is 11.4 Å². The first-order chi connectivity index (χ1) is 6.74. The molecule has 0 aromatic carbocycles. The normalized spacial score (nSPS) is 12.4. The molecule has 0 aliphatic rings. The molecule has 1 atom stereocenters. The Hall–Kier alpha value is -0.390. The van der Waals surface area contributed by atoms with E-state index in [0.29, 0.717) is 13.2 Å². The second-order valence-corrected chi connectivity index (χ2v) is 4.72. The predicted octanol–water partition coefficient (Wildman–Crippen LogP) is 2.20. The number of thiophene rings is 1. The second kappa shape index (κ2) is 6.16. The molecule has 3 nitrogen and oxygen atoms in total. The number of alkyl halides is 1. The number of esters is 1. The molecule has 0 bridgehead atoms. The van der Waals surface area contributed by atoms with E-state index in [1.54, 1.807) is 11.3 Å². The fraction of sp³-hybridized carbons (Fsp3) is 0.444. The highest BCUT2D eigenvalue weighted by Crippen LogP contribution is 2.11. The number of ether oxygens (including phenoxy) is 2. The zero-order chi connectivity index (χ0) is 10.4. The van der Waals surface area contributed by atoms with Crippen LogP contribution in [0.1, 0.15) is 4.88 Å². The first-order valence-electron chi connectivity index (χ1n) is 4.06. The first-order valence-corrected chi connectivity index (χ1v) is 5.85. The van der Waals surface area contributed by atoms with E-state index < -0.39 is 0 Å². The number of halogens is 1. The lowest BCUT2D eigenvalue weighted by Crippen LogP contribution is -2.21. The van der Waals surface area contributed by atoms with E-state index in [2.05, 4.69) is 20.7 Å². The number of rotatable bonds is 5. The van der Waals surface area contributed by atoms with Gasteiger partial charge in [0, 0.05) is 4.88 Å². The van der Waals surface area contributed by atoms with Crippen LogP contribution < -0.4 is 0 Å². The van der Waals surface area contributed by atoms with Gasteiger partial charge in [-0.25, -0.2) is 0 Å². The molecule has 0 spiro atoms. The van der Waals surface area contributed by atoms with E-state index in [4.69, 9.17) is 4.74 Å². The molecule has 14 heavy (non-hydrogen) atoms. The lowest BCUT2D eigenvalue weighted by molar-refractivity contribution is -0.140. The lowest BCUT2D eigenvalue weighted by Gasteiger charge is -2.07. The van der Waals surface area contributed by atoms with Gasteiger partial charge in [0.2, 0.25) is 0 Å². The third-order valence-electron chi connectivity index (χ3n) is 1.55. The van der Waals surface area contributed by atoms with Crippen molar-refractivity contribution in [3.63, 3.8) is 0 Å². The van der Waals surface area contributed by atoms with Crippen LogP contribution in [0.15, 0.2) is 17.5 Å². The molecule has 1 aromatic heterocycles. The number of methoxy groups -OCH3 is 1. The molecule has 1 heterocycles. The molecule has 0 saturated heterocycles. The first kappa shape index (κ1) is 11.7. The molecule has 78 valence electrons. The van der Waals surface area contributed by atoms with Crippen LogP contribution in [0.4, 0.5) is 0 Å². The molecule has 1 unspecified atom stereocenters. The quantitative estimate of drug-likeness (QED) is 0.612. The third kappa shape index (κ3) is 3.77. The topological polar surface area (TPSA) is 35.5 Å². The summed E-state index contributed by atoms with van der Waals surface area (Å²) in [5.74, 6) is -0.309. The number of hydrogen-bond acceptors (Lipinski definition) is 4. The monoisotopic (exact) mass is 278 g/mol. The van der Waals surface area contributed by atoms with Crippen LogP contribution in [0.5, 0.6) is 0 Å². The SMILES string of the molecule is COC(=O)C(Br)COCc1cccs1. The summed E-state index contributed by atoms with van der Waals surface area (Å²) in [4.78, 5) is 11.7. The molecular weight excluding hydrogens is 268 g/mol. The predicted molar refractivity (Wildman–Crippen MR) is 58.7 cm³/mol. The molecule has 0 N–H and O–H groups in total. The fourth-order valence-corrected chi connectivity index (χ4v) is 1.87. The smallest absolute Gasteiger partial charge is 0.321 e. The number of carbonyl (C=O) groups is 1. The van der Waals surface area contributed by atoms with Crippen molar-refractivity contribution in [3.05, 3.63) is 22.4 Å². The van der Waals surface area contributed by atoms with Gasteiger partial charge >= 0.3 is 5.97 Å². The van der Waals surface area contributed by atoms with E-state index in [1.807, 2.05) is 17.5 Å². The van der Waals surface area contributed by atoms with Crippen LogP contribution in [-0.2, 0) is 20.9 Å². The zero-order valence-corrected chi connectivity index (χ0v) is 10.1. The van der Waals surface area contributed by atoms with Gasteiger partial charge in [0.05, 0.1) is 20.3 Å². The minimum absolute atomic E-state index is 0.309. The van der Waals surface area contributed by atoms with Gasteiger partial charge in [0.1, 0.15) is 4.83 Å². The van der Waals surface area contributed by atoms with Crippen LogP contribution in [0.3, 0.4) is 0 Å². The van der Waals surface area contributed by atoms with Crippen molar-refractivity contribution >= 4 is 33.2 Å². The Bertz CT molecular complexity index is 274. The van der Waals surface area contributed by atoms with Gasteiger partial charge in [0.15, 0.2) is 0 Å². The van der Waals surface area contributed by atoms with Crippen molar-refractivity contribution in [1.82, 2.24) is 0 Å². The maximum absolute atomic E-state index is 11.0. The molecule has 0 fully saturated rings. The van der Waals surface area contributed by atoms with Gasteiger partial charge in [-0.3, -0.25) is 4.79 Å². The van der Waals surface area contributed by atoms with Crippen LogP contribution in [-0.4, -0.2) is 24.5 Å². The summed E-state index contributed by atoms with van der Waals surface area (Å²) in [7, 11) is 1.36. The average molecular weight is 279 g/mol. The Balaban J connectivity index is 2.18. The Kier molecular flexibility index (Phi) is 5.14. The maximum atomic E-state index is 11.0. The van der Waals surface area contributed by atoms with E-state index >= 15 is 0 Å². The van der Waals surface area contributed by atoms with Gasteiger partial charge in [0.25, 0.3) is 0 Å². The highest BCUT2D eigenvalue weighted by Gasteiger charge is 2.14. The molecule has 1 aromatic rings. The highest BCUT2D eigenvalue weighted by atomic mass is 79.9. The van der Waals surface area contributed by atoms with Crippen molar-refractivity contribution in [2.45, 2.75) is 11.4 Å². The van der Waals surface area contributed by atoms with Gasteiger partial charge in [-0.1, -0.05) is 22.0 Å². The largest absolute Gasteiger partial charge is 0.468 e. The summed E-state index contributed by atoms with van der Waals surface area (Å²) >= 11 is 4.80. The summed E-state index contributed by atoms with van der Waals surface area (Å²) in [6.45, 7) is 0.862. The molecule has 1 rings (SSSR count). The van der Waals surface area contributed by atoms with Gasteiger partial charge in [-0.15, -0.1) is 11.3 Å². The molecular formula is C9H11BrO3S. The summed E-state index contributed by atoms with van der Waals surface area (Å²) in [5.41, 5.74) is 0. The summed E-state index contributed by atoms with van der Waals surface area (Å²) in [6.07, 6.45) is 0. The van der Waals surface area contributed by atoms with Crippen LogP contribution in [0, 0.1) is 0 Å². The molecule has 0 saturated carbocycles. The van der Waals surface area contributed by atoms with Crippen molar-refractivity contribution in [2.24, 2.45) is 0 Å². The maximum Gasteiger partial charge on any atom is 0.321 e. The second-order valence-electron chi connectivity index (χ2n) is 2.59. The van der Waals surface area contributed by atoms with E-state index in [9.17, 15) is 4.79 Å². The van der Waals surface area contributed by atoms with E-state index in [0.717, 1.165) is 4.88 Å². The van der Waals surface area contributed by atoms with Crippen molar-refractivity contribution in [1.29, 1.82) is 0 Å². The van der Waals surface area contributed by atoms with Gasteiger partial charge < -0.3 is 9.47 Å². The Morgan fingerprint density at radius 3 is 3.07 bits per heavy atom. The molecule has 0 aliphatic heterocycles. The Morgan fingerprint density at radius 1 is 1.71 bits per heavy atom. The highest BCUT2D eigenvalue weighted by molar-refractivity contribution is 9.10. The van der Waals surface area contributed by atoms with Crippen LogP contribution >= 0.6 is 27.3 Å². The zero-order valence-electron chi connectivity index (χ0n) is 7.73. The van der Waals surface area contributed by atoms with Crippen LogP contribution in [0.2, 0.25) is 0 Å².